The van der Waals surface area contributed by atoms with Gasteiger partial charge in [0.15, 0.2) is 0 Å². The molecule has 29 heavy (non-hydrogen) atoms. The van der Waals surface area contributed by atoms with Crippen molar-refractivity contribution in [3.05, 3.63) is 63.5 Å². The van der Waals surface area contributed by atoms with E-state index < -0.39 is 27.6 Å². The molecule has 0 aliphatic heterocycles. The van der Waals surface area contributed by atoms with E-state index >= 15 is 0 Å². The Labute approximate surface area is 169 Å². The molecule has 150 valence electrons. The van der Waals surface area contributed by atoms with Crippen LogP contribution in [0.1, 0.15) is 18.1 Å². The number of rotatable bonds is 6. The van der Waals surface area contributed by atoms with Crippen LogP contribution in [0.3, 0.4) is 0 Å². The predicted molar refractivity (Wildman–Crippen MR) is 106 cm³/mol. The van der Waals surface area contributed by atoms with Crippen LogP contribution in [0.4, 0.5) is 15.8 Å². The van der Waals surface area contributed by atoms with Crippen molar-refractivity contribution in [3.8, 4) is 5.69 Å². The van der Waals surface area contributed by atoms with Gasteiger partial charge in [-0.2, -0.15) is 9.07 Å². The molecule has 9 nitrogen and oxygen atoms in total. The van der Waals surface area contributed by atoms with Gasteiger partial charge in [-0.15, -0.1) is 5.10 Å². The zero-order valence-electron chi connectivity index (χ0n) is 15.8. The van der Waals surface area contributed by atoms with Gasteiger partial charge in [0, 0.05) is 11.8 Å². The monoisotopic (exact) mass is 416 g/mol. The standard InChI is InChI=1S/C18H17FN6O3S/c1-10-4-7-15(11(2)8-10)24-18(21-22-23-24)29-12(3)17(26)20-13-5-6-14(19)16(9-13)25(27)28/h4-9,12H,1-3H3,(H,20,26)/t12-/m0/s1. The minimum atomic E-state index is -0.969. The fraction of sp³-hybridized carbons (Fsp3) is 0.222. The maximum atomic E-state index is 13.4. The number of halogens is 1. The molecule has 0 aliphatic rings. The van der Waals surface area contributed by atoms with Crippen LogP contribution >= 0.6 is 11.8 Å². The Morgan fingerprint density at radius 1 is 1.28 bits per heavy atom. The van der Waals surface area contributed by atoms with Crippen LogP contribution in [0.25, 0.3) is 5.69 Å². The molecule has 1 heterocycles. The number of nitro groups is 1. The third-order valence-corrected chi connectivity index (χ3v) is 5.12. The summed E-state index contributed by atoms with van der Waals surface area (Å²) >= 11 is 1.13. The number of nitro benzene ring substituents is 1. The van der Waals surface area contributed by atoms with Crippen LogP contribution in [0.15, 0.2) is 41.6 Å². The molecule has 2 aromatic carbocycles. The highest BCUT2D eigenvalue weighted by molar-refractivity contribution is 8.00. The van der Waals surface area contributed by atoms with Gasteiger partial charge in [0.2, 0.25) is 16.9 Å². The lowest BCUT2D eigenvalue weighted by molar-refractivity contribution is -0.387. The fourth-order valence-corrected chi connectivity index (χ4v) is 3.43. The summed E-state index contributed by atoms with van der Waals surface area (Å²) in [6.45, 7) is 5.58. The zero-order chi connectivity index (χ0) is 21.1. The van der Waals surface area contributed by atoms with Crippen LogP contribution in [0.2, 0.25) is 0 Å². The molecule has 0 radical (unpaired) electrons. The van der Waals surface area contributed by atoms with Crippen molar-refractivity contribution >= 4 is 29.0 Å². The molecule has 0 saturated heterocycles. The lowest BCUT2D eigenvalue weighted by atomic mass is 10.1. The highest BCUT2D eigenvalue weighted by Gasteiger charge is 2.21. The summed E-state index contributed by atoms with van der Waals surface area (Å²) in [7, 11) is 0. The smallest absolute Gasteiger partial charge is 0.306 e. The number of aryl methyl sites for hydroxylation is 2. The Balaban J connectivity index is 1.75. The van der Waals surface area contributed by atoms with Gasteiger partial charge in [-0.25, -0.2) is 0 Å². The van der Waals surface area contributed by atoms with E-state index in [0.717, 1.165) is 40.7 Å². The predicted octanol–water partition coefficient (Wildman–Crippen LogP) is 3.45. The van der Waals surface area contributed by atoms with Gasteiger partial charge in [-0.05, 0) is 55.0 Å². The van der Waals surface area contributed by atoms with E-state index in [-0.39, 0.29) is 5.69 Å². The third kappa shape index (κ3) is 4.57. The van der Waals surface area contributed by atoms with Crippen LogP contribution in [-0.2, 0) is 4.79 Å². The van der Waals surface area contributed by atoms with Gasteiger partial charge in [-0.3, -0.25) is 14.9 Å². The molecular weight excluding hydrogens is 399 g/mol. The molecule has 1 amide bonds. The van der Waals surface area contributed by atoms with E-state index in [1.165, 1.54) is 6.07 Å². The minimum absolute atomic E-state index is 0.129. The van der Waals surface area contributed by atoms with Crippen LogP contribution in [-0.4, -0.2) is 36.3 Å². The van der Waals surface area contributed by atoms with Crippen LogP contribution < -0.4 is 5.32 Å². The van der Waals surface area contributed by atoms with Crippen molar-refractivity contribution in [2.24, 2.45) is 0 Å². The van der Waals surface area contributed by atoms with Crippen molar-refractivity contribution in [2.45, 2.75) is 31.2 Å². The van der Waals surface area contributed by atoms with Gasteiger partial charge in [0.05, 0.1) is 15.9 Å². The first kappa shape index (κ1) is 20.4. The SMILES string of the molecule is Cc1ccc(-n2nnnc2S[C@@H](C)C(=O)Nc2ccc(F)c([N+](=O)[O-])c2)c(C)c1. The Morgan fingerprint density at radius 2 is 2.03 bits per heavy atom. The Morgan fingerprint density at radius 3 is 2.72 bits per heavy atom. The Bertz CT molecular complexity index is 1090. The van der Waals surface area contributed by atoms with Gasteiger partial charge >= 0.3 is 5.69 Å². The summed E-state index contributed by atoms with van der Waals surface area (Å²) in [6.07, 6.45) is 0. The molecule has 1 atom stereocenters. The largest absolute Gasteiger partial charge is 0.325 e. The molecule has 1 aromatic heterocycles. The zero-order valence-corrected chi connectivity index (χ0v) is 16.6. The van der Waals surface area contributed by atoms with E-state index in [2.05, 4.69) is 20.8 Å². The van der Waals surface area contributed by atoms with Crippen molar-refractivity contribution in [2.75, 3.05) is 5.32 Å². The average Bonchev–Trinajstić information content (AvgIpc) is 3.10. The topological polar surface area (TPSA) is 116 Å². The van der Waals surface area contributed by atoms with Crippen LogP contribution in [0, 0.1) is 29.8 Å². The summed E-state index contributed by atoms with van der Waals surface area (Å²) in [6, 6.07) is 9.01. The number of carbonyl (C=O) groups excluding carboxylic acids is 1. The van der Waals surface area contributed by atoms with Gasteiger partial charge in [-0.1, -0.05) is 29.5 Å². The molecule has 0 spiro atoms. The van der Waals surface area contributed by atoms with Gasteiger partial charge in [0.25, 0.3) is 0 Å². The summed E-state index contributed by atoms with van der Waals surface area (Å²) in [5, 5.41) is 24.9. The lowest BCUT2D eigenvalue weighted by Crippen LogP contribution is -2.23. The van der Waals surface area contributed by atoms with Crippen molar-refractivity contribution in [1.82, 2.24) is 20.2 Å². The molecule has 0 bridgehead atoms. The number of amides is 1. The number of aromatic nitrogens is 4. The molecule has 3 aromatic rings. The molecule has 11 heteroatoms. The third-order valence-electron chi connectivity index (χ3n) is 4.08. The first-order valence-corrected chi connectivity index (χ1v) is 9.41. The van der Waals surface area contributed by atoms with E-state index in [1.54, 1.807) is 11.6 Å². The van der Waals surface area contributed by atoms with E-state index in [4.69, 9.17) is 0 Å². The molecular formula is C18H17FN6O3S. The molecule has 0 aliphatic carbocycles. The molecule has 0 saturated carbocycles. The number of nitrogens with one attached hydrogen (secondary N) is 1. The first-order chi connectivity index (χ1) is 13.8. The number of carbonyl (C=O) groups is 1. The van der Waals surface area contributed by atoms with E-state index in [9.17, 15) is 19.3 Å². The Hall–Kier alpha value is -3.34. The van der Waals surface area contributed by atoms with Gasteiger partial charge < -0.3 is 5.32 Å². The van der Waals surface area contributed by atoms with Crippen molar-refractivity contribution in [1.29, 1.82) is 0 Å². The second-order valence-corrected chi connectivity index (χ2v) is 7.64. The van der Waals surface area contributed by atoms with Gasteiger partial charge in [0.1, 0.15) is 0 Å². The van der Waals surface area contributed by atoms with E-state index in [1.807, 2.05) is 32.0 Å². The molecule has 3 rings (SSSR count). The van der Waals surface area contributed by atoms with Crippen molar-refractivity contribution < 1.29 is 14.1 Å². The number of nitrogens with zero attached hydrogens (tertiary/aromatic N) is 5. The second-order valence-electron chi connectivity index (χ2n) is 6.34. The van der Waals surface area contributed by atoms with Crippen LogP contribution in [0.5, 0.6) is 0 Å². The summed E-state index contributed by atoms with van der Waals surface area (Å²) in [5.41, 5.74) is 2.31. The minimum Gasteiger partial charge on any atom is -0.325 e. The number of thioether (sulfide) groups is 1. The van der Waals surface area contributed by atoms with Crippen molar-refractivity contribution in [3.63, 3.8) is 0 Å². The fourth-order valence-electron chi connectivity index (χ4n) is 2.63. The quantitative estimate of drug-likeness (QED) is 0.372. The number of benzene rings is 2. The lowest BCUT2D eigenvalue weighted by Gasteiger charge is -2.13. The first-order valence-electron chi connectivity index (χ1n) is 8.53. The summed E-state index contributed by atoms with van der Waals surface area (Å²) < 4.78 is 15.0. The highest BCUT2D eigenvalue weighted by Crippen LogP contribution is 2.26. The number of hydrogen-bond donors (Lipinski definition) is 1. The summed E-state index contributed by atoms with van der Waals surface area (Å²) in [4.78, 5) is 22.5. The average molecular weight is 416 g/mol. The summed E-state index contributed by atoms with van der Waals surface area (Å²) in [5.74, 6) is -1.39. The molecule has 0 fully saturated rings. The normalized spacial score (nSPS) is 11.9. The Kier molecular flexibility index (Phi) is 5.87. The maximum Gasteiger partial charge on any atom is 0.306 e. The number of anilines is 1. The highest BCUT2D eigenvalue weighted by atomic mass is 32.2. The van der Waals surface area contributed by atoms with E-state index in [0.29, 0.717) is 5.16 Å². The second kappa shape index (κ2) is 8.35. The number of tetrazole rings is 1. The maximum absolute atomic E-state index is 13.4. The molecule has 1 N–H and O–H groups in total. The molecule has 0 unspecified atom stereocenters. The number of hydrogen-bond acceptors (Lipinski definition) is 7.